The maximum Gasteiger partial charge on any atom is -0.00247 e. The zero-order valence-electron chi connectivity index (χ0n) is 11.9. The van der Waals surface area contributed by atoms with E-state index in [4.69, 9.17) is 0 Å². The molecule has 0 saturated heterocycles. The fourth-order valence-corrected chi connectivity index (χ4v) is 1.85. The number of unbranched alkanes of at least 4 members (excludes halogenated alkanes) is 5. The second-order valence-corrected chi connectivity index (χ2v) is 5.16. The summed E-state index contributed by atoms with van der Waals surface area (Å²) in [4.78, 5) is 2.27. The lowest BCUT2D eigenvalue weighted by Crippen LogP contribution is -2.12. The molecule has 0 heterocycles. The van der Waals surface area contributed by atoms with Crippen LogP contribution in [0.2, 0.25) is 0 Å². The van der Waals surface area contributed by atoms with Gasteiger partial charge in [-0.25, -0.2) is 0 Å². The Hall–Kier alpha value is -0.300. The van der Waals surface area contributed by atoms with Crippen molar-refractivity contribution >= 4 is 0 Å². The second-order valence-electron chi connectivity index (χ2n) is 5.16. The molecule has 0 aromatic carbocycles. The third kappa shape index (κ3) is 11.8. The van der Waals surface area contributed by atoms with Crippen molar-refractivity contribution in [2.45, 2.75) is 65.2 Å². The lowest BCUT2D eigenvalue weighted by atomic mass is 10.1. The van der Waals surface area contributed by atoms with Gasteiger partial charge in [0.25, 0.3) is 0 Å². The van der Waals surface area contributed by atoms with Crippen molar-refractivity contribution in [2.75, 3.05) is 20.6 Å². The van der Waals surface area contributed by atoms with Crippen LogP contribution < -0.4 is 0 Å². The summed E-state index contributed by atoms with van der Waals surface area (Å²) in [5.41, 5.74) is 1.60. The Morgan fingerprint density at radius 2 is 1.75 bits per heavy atom. The van der Waals surface area contributed by atoms with Gasteiger partial charge >= 0.3 is 0 Å². The number of hydrogen-bond acceptors (Lipinski definition) is 1. The third-order valence-corrected chi connectivity index (χ3v) is 2.98. The Balaban J connectivity index is 3.33. The molecular weight excluding hydrogens is 194 g/mol. The summed E-state index contributed by atoms with van der Waals surface area (Å²) < 4.78 is 0. The molecule has 0 aromatic heterocycles. The third-order valence-electron chi connectivity index (χ3n) is 2.98. The van der Waals surface area contributed by atoms with E-state index in [1.807, 2.05) is 0 Å². The van der Waals surface area contributed by atoms with Crippen LogP contribution >= 0.6 is 0 Å². The normalized spacial score (nSPS) is 12.4. The molecule has 0 aliphatic heterocycles. The predicted octanol–water partition coefficient (Wildman–Crippen LogP) is 4.64. The van der Waals surface area contributed by atoms with Crippen molar-refractivity contribution in [2.24, 2.45) is 0 Å². The van der Waals surface area contributed by atoms with Crippen molar-refractivity contribution in [1.29, 1.82) is 0 Å². The van der Waals surface area contributed by atoms with Gasteiger partial charge in [0.1, 0.15) is 0 Å². The molecule has 0 amide bonds. The van der Waals surface area contributed by atoms with Crippen molar-refractivity contribution in [1.82, 2.24) is 4.90 Å². The number of hydrogen-bond donors (Lipinski definition) is 0. The van der Waals surface area contributed by atoms with E-state index < -0.39 is 0 Å². The summed E-state index contributed by atoms with van der Waals surface area (Å²) in [6, 6.07) is 0. The Morgan fingerprint density at radius 1 is 1.00 bits per heavy atom. The fraction of sp³-hybridized carbons (Fsp3) is 0.867. The molecule has 0 aliphatic rings. The molecular formula is C15H31N. The average molecular weight is 225 g/mol. The molecule has 0 N–H and O–H groups in total. The van der Waals surface area contributed by atoms with Crippen molar-refractivity contribution in [3.8, 4) is 0 Å². The molecule has 0 spiro atoms. The van der Waals surface area contributed by atoms with Gasteiger partial charge in [-0.2, -0.15) is 0 Å². The Bertz CT molecular complexity index is 170. The van der Waals surface area contributed by atoms with Crippen LogP contribution in [0.15, 0.2) is 11.6 Å². The van der Waals surface area contributed by atoms with Crippen LogP contribution in [-0.2, 0) is 0 Å². The highest BCUT2D eigenvalue weighted by atomic mass is 15.0. The van der Waals surface area contributed by atoms with Crippen LogP contribution in [0.5, 0.6) is 0 Å². The highest BCUT2D eigenvalue weighted by Crippen LogP contribution is 2.11. The topological polar surface area (TPSA) is 3.24 Å². The van der Waals surface area contributed by atoms with Gasteiger partial charge in [-0.05, 0) is 59.7 Å². The van der Waals surface area contributed by atoms with Crippen LogP contribution in [0.4, 0.5) is 0 Å². The van der Waals surface area contributed by atoms with Crippen molar-refractivity contribution < 1.29 is 0 Å². The molecule has 0 fully saturated rings. The van der Waals surface area contributed by atoms with Gasteiger partial charge in [0.2, 0.25) is 0 Å². The van der Waals surface area contributed by atoms with E-state index in [2.05, 4.69) is 38.9 Å². The molecule has 0 atom stereocenters. The van der Waals surface area contributed by atoms with E-state index in [-0.39, 0.29) is 0 Å². The molecule has 0 aliphatic carbocycles. The molecule has 0 saturated carbocycles. The minimum Gasteiger partial charge on any atom is -0.309 e. The van der Waals surface area contributed by atoms with E-state index in [0.29, 0.717) is 0 Å². The van der Waals surface area contributed by atoms with Crippen LogP contribution in [0.1, 0.15) is 65.2 Å². The molecule has 0 radical (unpaired) electrons. The van der Waals surface area contributed by atoms with Crippen molar-refractivity contribution in [3.63, 3.8) is 0 Å². The summed E-state index contributed by atoms with van der Waals surface area (Å²) in [6.07, 6.45) is 13.2. The van der Waals surface area contributed by atoms with Gasteiger partial charge in [0, 0.05) is 0 Å². The average Bonchev–Trinajstić information content (AvgIpc) is 2.23. The Labute approximate surface area is 103 Å². The number of allylic oxidation sites excluding steroid dienone is 2. The molecule has 16 heavy (non-hydrogen) atoms. The maximum absolute atomic E-state index is 2.45. The minimum absolute atomic E-state index is 1.23. The van der Waals surface area contributed by atoms with Gasteiger partial charge in [-0.15, -0.1) is 0 Å². The van der Waals surface area contributed by atoms with Crippen LogP contribution in [0.3, 0.4) is 0 Å². The first-order valence-electron chi connectivity index (χ1n) is 6.97. The number of nitrogens with zero attached hydrogens (tertiary/aromatic N) is 1. The summed E-state index contributed by atoms with van der Waals surface area (Å²) in [7, 11) is 4.30. The molecule has 0 rings (SSSR count). The molecule has 96 valence electrons. The summed E-state index contributed by atoms with van der Waals surface area (Å²) in [5.74, 6) is 0. The monoisotopic (exact) mass is 225 g/mol. The van der Waals surface area contributed by atoms with Crippen LogP contribution in [0.25, 0.3) is 0 Å². The second kappa shape index (κ2) is 11.2. The highest BCUT2D eigenvalue weighted by Gasteiger charge is 1.93. The molecule has 1 nitrogen and oxygen atoms in total. The zero-order valence-corrected chi connectivity index (χ0v) is 11.9. The van der Waals surface area contributed by atoms with Crippen molar-refractivity contribution in [3.05, 3.63) is 11.6 Å². The summed E-state index contributed by atoms with van der Waals surface area (Å²) in [5, 5.41) is 0. The lowest BCUT2D eigenvalue weighted by Gasteiger charge is -2.07. The smallest absolute Gasteiger partial charge is 0.00247 e. The first-order chi connectivity index (χ1) is 7.66. The SMILES string of the molecule is CCCCCC/C(C)=C/CCCCN(C)C. The minimum atomic E-state index is 1.23. The first-order valence-corrected chi connectivity index (χ1v) is 6.97. The van der Waals surface area contributed by atoms with E-state index in [1.165, 1.54) is 57.9 Å². The van der Waals surface area contributed by atoms with E-state index in [1.54, 1.807) is 5.57 Å². The van der Waals surface area contributed by atoms with Gasteiger partial charge in [0.15, 0.2) is 0 Å². The van der Waals surface area contributed by atoms with E-state index in [0.717, 1.165) is 0 Å². The van der Waals surface area contributed by atoms with E-state index >= 15 is 0 Å². The quantitative estimate of drug-likeness (QED) is 0.387. The standard InChI is InChI=1S/C15H31N/c1-5-6-7-9-12-15(2)13-10-8-11-14-16(3)4/h13H,5-12,14H2,1-4H3/b15-13+. The van der Waals surface area contributed by atoms with Crippen LogP contribution in [0, 0.1) is 0 Å². The van der Waals surface area contributed by atoms with Gasteiger partial charge < -0.3 is 4.90 Å². The predicted molar refractivity (Wildman–Crippen MR) is 74.9 cm³/mol. The fourth-order valence-electron chi connectivity index (χ4n) is 1.85. The molecule has 0 aromatic rings. The van der Waals surface area contributed by atoms with E-state index in [9.17, 15) is 0 Å². The van der Waals surface area contributed by atoms with Gasteiger partial charge in [0.05, 0.1) is 0 Å². The summed E-state index contributed by atoms with van der Waals surface area (Å²) in [6.45, 7) is 5.79. The molecule has 0 bridgehead atoms. The Kier molecular flexibility index (Phi) is 11.0. The van der Waals surface area contributed by atoms with Gasteiger partial charge in [-0.3, -0.25) is 0 Å². The summed E-state index contributed by atoms with van der Waals surface area (Å²) >= 11 is 0. The molecule has 1 heteroatoms. The Morgan fingerprint density at radius 3 is 2.38 bits per heavy atom. The van der Waals surface area contributed by atoms with Crippen LogP contribution in [-0.4, -0.2) is 25.5 Å². The maximum atomic E-state index is 2.45. The largest absolute Gasteiger partial charge is 0.309 e. The first kappa shape index (κ1) is 15.7. The molecule has 0 unspecified atom stereocenters. The highest BCUT2D eigenvalue weighted by molar-refractivity contribution is 4.97. The lowest BCUT2D eigenvalue weighted by molar-refractivity contribution is 0.395. The number of rotatable bonds is 10. The zero-order chi connectivity index (χ0) is 12.2. The van der Waals surface area contributed by atoms with Gasteiger partial charge in [-0.1, -0.05) is 37.8 Å².